The first-order valence-corrected chi connectivity index (χ1v) is 8.53. The van der Waals surface area contributed by atoms with Gasteiger partial charge in [0.05, 0.1) is 0 Å². The Bertz CT molecular complexity index is 362. The Labute approximate surface area is 123 Å². The van der Waals surface area contributed by atoms with Crippen molar-refractivity contribution in [3.8, 4) is 0 Å². The van der Waals surface area contributed by atoms with Crippen LogP contribution in [0.5, 0.6) is 0 Å². The summed E-state index contributed by atoms with van der Waals surface area (Å²) in [4.78, 5) is 3.01. The Morgan fingerprint density at radius 2 is 1.89 bits per heavy atom. The lowest BCUT2D eigenvalue weighted by Crippen LogP contribution is -2.23. The molecule has 2 atom stereocenters. The Kier molecular flexibility index (Phi) is 6.55. The topological polar surface area (TPSA) is 12.0 Å². The number of hydrogen-bond acceptors (Lipinski definition) is 2. The van der Waals surface area contributed by atoms with Gasteiger partial charge in [0.25, 0.3) is 0 Å². The van der Waals surface area contributed by atoms with Crippen LogP contribution in [0.2, 0.25) is 0 Å². The monoisotopic (exact) mass is 281 g/mol. The van der Waals surface area contributed by atoms with E-state index in [1.54, 1.807) is 0 Å². The molecule has 0 amide bonds. The lowest BCUT2D eigenvalue weighted by Gasteiger charge is -2.21. The van der Waals surface area contributed by atoms with Crippen molar-refractivity contribution in [1.82, 2.24) is 5.32 Å². The highest BCUT2D eigenvalue weighted by Gasteiger charge is 2.20. The summed E-state index contributed by atoms with van der Waals surface area (Å²) >= 11 is 1.99. The highest BCUT2D eigenvalue weighted by Crippen LogP contribution is 2.34. The minimum absolute atomic E-state index is 0.272. The van der Waals surface area contributed by atoms with E-state index < -0.39 is 0 Å². The van der Waals surface area contributed by atoms with Crippen molar-refractivity contribution in [2.45, 2.75) is 72.3 Å². The summed E-state index contributed by atoms with van der Waals surface area (Å²) in [5.41, 5.74) is 0.272. The molecule has 0 aliphatic rings. The van der Waals surface area contributed by atoms with Crippen molar-refractivity contribution in [3.63, 3.8) is 0 Å². The minimum Gasteiger partial charge on any atom is -0.309 e. The number of hydrogen-bond donors (Lipinski definition) is 1. The number of rotatable bonds is 7. The predicted molar refractivity (Wildman–Crippen MR) is 88.1 cm³/mol. The molecular weight excluding hydrogens is 250 g/mol. The fraction of sp³-hybridized carbons (Fsp3) is 0.765. The zero-order chi connectivity index (χ0) is 14.5. The van der Waals surface area contributed by atoms with E-state index in [2.05, 4.69) is 59.0 Å². The third-order valence-corrected chi connectivity index (χ3v) is 5.31. The quantitative estimate of drug-likeness (QED) is 0.693. The van der Waals surface area contributed by atoms with E-state index in [1.807, 2.05) is 11.3 Å². The molecule has 19 heavy (non-hydrogen) atoms. The van der Waals surface area contributed by atoms with Crippen LogP contribution < -0.4 is 5.32 Å². The van der Waals surface area contributed by atoms with Crippen LogP contribution >= 0.6 is 11.3 Å². The minimum atomic E-state index is 0.272. The second-order valence-corrected chi connectivity index (χ2v) is 7.82. The maximum absolute atomic E-state index is 3.73. The molecule has 110 valence electrons. The molecule has 2 unspecified atom stereocenters. The highest BCUT2D eigenvalue weighted by molar-refractivity contribution is 7.12. The molecular formula is C17H31NS. The fourth-order valence-corrected chi connectivity index (χ4v) is 3.28. The molecule has 1 nitrogen and oxygen atoms in total. The molecule has 0 bridgehead atoms. The van der Waals surface area contributed by atoms with Crippen LogP contribution in [0.15, 0.2) is 12.1 Å². The van der Waals surface area contributed by atoms with Gasteiger partial charge < -0.3 is 5.32 Å². The summed E-state index contributed by atoms with van der Waals surface area (Å²) in [6, 6.07) is 5.19. The van der Waals surface area contributed by atoms with Gasteiger partial charge in [0.2, 0.25) is 0 Å². The van der Waals surface area contributed by atoms with Crippen LogP contribution in [0.4, 0.5) is 0 Å². The summed E-state index contributed by atoms with van der Waals surface area (Å²) in [5.74, 6) is 0.787. The largest absolute Gasteiger partial charge is 0.309 e. The van der Waals surface area contributed by atoms with E-state index in [0.717, 1.165) is 12.5 Å². The standard InChI is InChI=1S/C17H31NS/c1-7-11-18-14(12-13(3)8-2)15-9-10-16(19-15)17(4,5)6/h9-10,13-14,18H,7-8,11-12H2,1-6H3. The lowest BCUT2D eigenvalue weighted by atomic mass is 9.94. The molecule has 1 N–H and O–H groups in total. The van der Waals surface area contributed by atoms with Gasteiger partial charge in [-0.2, -0.15) is 0 Å². The van der Waals surface area contributed by atoms with Gasteiger partial charge in [0.1, 0.15) is 0 Å². The summed E-state index contributed by atoms with van der Waals surface area (Å²) in [5, 5.41) is 3.73. The summed E-state index contributed by atoms with van der Waals surface area (Å²) in [6.45, 7) is 14.9. The van der Waals surface area contributed by atoms with Crippen LogP contribution in [0.25, 0.3) is 0 Å². The molecule has 1 rings (SSSR count). The first-order valence-electron chi connectivity index (χ1n) is 7.72. The van der Waals surface area contributed by atoms with E-state index in [-0.39, 0.29) is 5.41 Å². The Balaban J connectivity index is 2.81. The van der Waals surface area contributed by atoms with E-state index in [1.165, 1.54) is 29.0 Å². The van der Waals surface area contributed by atoms with E-state index in [0.29, 0.717) is 6.04 Å². The maximum atomic E-state index is 3.73. The third-order valence-electron chi connectivity index (χ3n) is 3.69. The average molecular weight is 282 g/mol. The molecule has 0 saturated carbocycles. The second kappa shape index (κ2) is 7.44. The van der Waals surface area contributed by atoms with Crippen molar-refractivity contribution in [2.75, 3.05) is 6.54 Å². The van der Waals surface area contributed by atoms with Gasteiger partial charge in [-0.15, -0.1) is 11.3 Å². The van der Waals surface area contributed by atoms with Crippen molar-refractivity contribution in [3.05, 3.63) is 21.9 Å². The fourth-order valence-electron chi connectivity index (χ4n) is 2.13. The van der Waals surface area contributed by atoms with Gasteiger partial charge in [-0.05, 0) is 42.9 Å². The zero-order valence-electron chi connectivity index (χ0n) is 13.5. The summed E-state index contributed by atoms with van der Waals surface area (Å²) < 4.78 is 0. The molecule has 1 aromatic heterocycles. The Morgan fingerprint density at radius 1 is 1.21 bits per heavy atom. The first-order chi connectivity index (χ1) is 8.88. The molecule has 0 aliphatic heterocycles. The molecule has 0 spiro atoms. The number of thiophene rings is 1. The van der Waals surface area contributed by atoms with Gasteiger partial charge in [0.15, 0.2) is 0 Å². The summed E-state index contributed by atoms with van der Waals surface area (Å²) in [7, 11) is 0. The predicted octanol–water partition coefficient (Wildman–Crippen LogP) is 5.52. The van der Waals surface area contributed by atoms with Crippen LogP contribution in [0.1, 0.15) is 76.6 Å². The molecule has 0 aliphatic carbocycles. The SMILES string of the molecule is CCCNC(CC(C)CC)c1ccc(C(C)(C)C)s1. The van der Waals surface area contributed by atoms with Crippen molar-refractivity contribution >= 4 is 11.3 Å². The van der Waals surface area contributed by atoms with Gasteiger partial charge in [-0.3, -0.25) is 0 Å². The van der Waals surface area contributed by atoms with Crippen LogP contribution in [-0.2, 0) is 5.41 Å². The highest BCUT2D eigenvalue weighted by atomic mass is 32.1. The van der Waals surface area contributed by atoms with E-state index >= 15 is 0 Å². The zero-order valence-corrected chi connectivity index (χ0v) is 14.4. The second-order valence-electron chi connectivity index (χ2n) is 6.71. The summed E-state index contributed by atoms with van der Waals surface area (Å²) in [6.07, 6.45) is 3.72. The molecule has 0 saturated heterocycles. The Morgan fingerprint density at radius 3 is 2.37 bits per heavy atom. The maximum Gasteiger partial charge on any atom is 0.0417 e. The van der Waals surface area contributed by atoms with Gasteiger partial charge >= 0.3 is 0 Å². The smallest absolute Gasteiger partial charge is 0.0417 e. The van der Waals surface area contributed by atoms with Gasteiger partial charge in [0, 0.05) is 15.8 Å². The third kappa shape index (κ3) is 5.27. The average Bonchev–Trinajstić information content (AvgIpc) is 2.83. The molecule has 1 aromatic rings. The number of nitrogens with one attached hydrogen (secondary N) is 1. The normalized spacial score (nSPS) is 15.5. The Hall–Kier alpha value is -0.340. The lowest BCUT2D eigenvalue weighted by molar-refractivity contribution is 0.406. The molecule has 0 fully saturated rings. The van der Waals surface area contributed by atoms with E-state index in [4.69, 9.17) is 0 Å². The first kappa shape index (κ1) is 16.7. The van der Waals surface area contributed by atoms with Crippen LogP contribution in [0, 0.1) is 5.92 Å². The van der Waals surface area contributed by atoms with E-state index in [9.17, 15) is 0 Å². The molecule has 0 aromatic carbocycles. The van der Waals surface area contributed by atoms with Crippen molar-refractivity contribution < 1.29 is 0 Å². The van der Waals surface area contributed by atoms with Crippen LogP contribution in [0.3, 0.4) is 0 Å². The van der Waals surface area contributed by atoms with Crippen LogP contribution in [-0.4, -0.2) is 6.54 Å². The molecule has 0 radical (unpaired) electrons. The van der Waals surface area contributed by atoms with Crippen molar-refractivity contribution in [1.29, 1.82) is 0 Å². The van der Waals surface area contributed by atoms with Crippen molar-refractivity contribution in [2.24, 2.45) is 5.92 Å². The van der Waals surface area contributed by atoms with Gasteiger partial charge in [-0.25, -0.2) is 0 Å². The molecule has 2 heteroatoms. The van der Waals surface area contributed by atoms with Gasteiger partial charge in [-0.1, -0.05) is 48.0 Å². The molecule has 1 heterocycles.